The van der Waals surface area contributed by atoms with Crippen LogP contribution in [0.4, 0.5) is 5.82 Å². The number of aromatic nitrogens is 2. The Hall–Kier alpha value is -1.89. The highest BCUT2D eigenvalue weighted by molar-refractivity contribution is 5.89. The maximum atomic E-state index is 6.12. The van der Waals surface area contributed by atoms with Crippen LogP contribution in [0.2, 0.25) is 0 Å². The third-order valence-electron chi connectivity index (χ3n) is 4.38. The van der Waals surface area contributed by atoms with E-state index in [1.165, 1.54) is 19.3 Å². The van der Waals surface area contributed by atoms with Crippen LogP contribution in [0.5, 0.6) is 5.88 Å². The normalized spacial score (nSPS) is 34.1. The van der Waals surface area contributed by atoms with Gasteiger partial charge in [-0.15, -0.1) is 0 Å². The molecule has 0 aliphatic carbocycles. The Kier molecular flexibility index (Phi) is 2.56. The minimum atomic E-state index is -0.113. The number of ether oxygens (including phenoxy) is 2. The molecule has 20 heavy (non-hydrogen) atoms. The molecule has 3 aliphatic heterocycles. The maximum absolute atomic E-state index is 6.12. The molecule has 1 aromatic rings. The number of hydrogen-bond donors (Lipinski definition) is 1. The molecule has 3 atom stereocenters. The van der Waals surface area contributed by atoms with Gasteiger partial charge < -0.3 is 9.47 Å². The largest absolute Gasteiger partial charge is 0.481 e. The number of nitrogens with zero attached hydrogens (tertiary/aromatic N) is 4. The molecule has 106 valence electrons. The zero-order chi connectivity index (χ0) is 13.6. The fourth-order valence-electron chi connectivity index (χ4n) is 3.36. The Morgan fingerprint density at radius 3 is 3.20 bits per heavy atom. The van der Waals surface area contributed by atoms with Crippen LogP contribution in [0.1, 0.15) is 6.42 Å². The van der Waals surface area contributed by atoms with Crippen LogP contribution >= 0.6 is 0 Å². The van der Waals surface area contributed by atoms with Crippen molar-refractivity contribution in [2.24, 2.45) is 10.9 Å². The first-order valence-corrected chi connectivity index (χ1v) is 6.86. The zero-order valence-electron chi connectivity index (χ0n) is 11.4. The molecule has 4 rings (SSSR count). The summed E-state index contributed by atoms with van der Waals surface area (Å²) in [5.74, 6) is 1.75. The number of aliphatic imine (C=N–C) groups is 1. The molecular formula is C13H17N5O2. The Labute approximate surface area is 117 Å². The van der Waals surface area contributed by atoms with Crippen molar-refractivity contribution in [3.05, 3.63) is 12.4 Å². The lowest BCUT2D eigenvalue weighted by Gasteiger charge is -2.32. The molecule has 2 bridgehead atoms. The van der Waals surface area contributed by atoms with Crippen LogP contribution in [-0.2, 0) is 4.74 Å². The fourth-order valence-corrected chi connectivity index (χ4v) is 3.36. The van der Waals surface area contributed by atoms with Crippen LogP contribution in [0, 0.1) is 5.92 Å². The van der Waals surface area contributed by atoms with Gasteiger partial charge in [0.05, 0.1) is 13.7 Å². The molecule has 7 nitrogen and oxygen atoms in total. The molecule has 2 fully saturated rings. The van der Waals surface area contributed by atoms with Gasteiger partial charge in [0.2, 0.25) is 5.88 Å². The van der Waals surface area contributed by atoms with E-state index in [-0.39, 0.29) is 5.60 Å². The van der Waals surface area contributed by atoms with E-state index in [1.807, 2.05) is 0 Å². The molecule has 0 saturated carbocycles. The Bertz CT molecular complexity index is 563. The summed E-state index contributed by atoms with van der Waals surface area (Å²) >= 11 is 0. The minimum Gasteiger partial charge on any atom is -0.481 e. The second-order valence-corrected chi connectivity index (χ2v) is 5.58. The van der Waals surface area contributed by atoms with Gasteiger partial charge in [-0.2, -0.15) is 0 Å². The fraction of sp³-hybridized carbons (Fsp3) is 0.615. The molecule has 0 radical (unpaired) electrons. The summed E-state index contributed by atoms with van der Waals surface area (Å²) in [6.07, 6.45) is 2.67. The number of anilines is 1. The lowest BCUT2D eigenvalue weighted by atomic mass is 9.88. The first kappa shape index (κ1) is 11.9. The summed E-state index contributed by atoms with van der Waals surface area (Å²) in [5, 5.41) is 3.10. The molecule has 2 saturated heterocycles. The monoisotopic (exact) mass is 275 g/mol. The van der Waals surface area contributed by atoms with Gasteiger partial charge in [0.15, 0.2) is 0 Å². The van der Waals surface area contributed by atoms with Crippen LogP contribution in [0.25, 0.3) is 0 Å². The average molecular weight is 275 g/mol. The lowest BCUT2D eigenvalue weighted by Crippen LogP contribution is -2.46. The van der Waals surface area contributed by atoms with Crippen molar-refractivity contribution in [2.45, 2.75) is 12.0 Å². The Morgan fingerprint density at radius 2 is 2.45 bits per heavy atom. The molecule has 1 spiro atoms. The van der Waals surface area contributed by atoms with E-state index in [4.69, 9.17) is 9.47 Å². The van der Waals surface area contributed by atoms with Crippen molar-refractivity contribution in [3.63, 3.8) is 0 Å². The quantitative estimate of drug-likeness (QED) is 0.840. The third-order valence-corrected chi connectivity index (χ3v) is 4.38. The Balaban J connectivity index is 1.46. The standard InChI is InChI=1S/C13H17N5O2/c1-19-11-4-10(15-8-16-11)17-12-14-6-13(20-12)7-18-3-2-9(13)5-18/h4,8-9H,2-3,5-7H2,1H3,(H,14,15,16,17)/t9-,13-/m0/s1. The highest BCUT2D eigenvalue weighted by atomic mass is 16.5. The van der Waals surface area contributed by atoms with E-state index >= 15 is 0 Å². The van der Waals surface area contributed by atoms with Crippen molar-refractivity contribution in [2.75, 3.05) is 38.6 Å². The SMILES string of the molecule is COc1cc(NC2=NC[C@@]3(CN4CC[C@H]3C4)O2)ncn1. The van der Waals surface area contributed by atoms with Crippen molar-refractivity contribution in [1.82, 2.24) is 14.9 Å². The number of methoxy groups -OCH3 is 1. The molecule has 1 unspecified atom stereocenters. The zero-order valence-corrected chi connectivity index (χ0v) is 11.4. The van der Waals surface area contributed by atoms with Crippen molar-refractivity contribution in [3.8, 4) is 5.88 Å². The van der Waals surface area contributed by atoms with Crippen molar-refractivity contribution >= 4 is 11.8 Å². The van der Waals surface area contributed by atoms with Gasteiger partial charge in [-0.3, -0.25) is 10.2 Å². The van der Waals surface area contributed by atoms with Crippen LogP contribution in [0.3, 0.4) is 0 Å². The van der Waals surface area contributed by atoms with Crippen molar-refractivity contribution < 1.29 is 9.47 Å². The van der Waals surface area contributed by atoms with Gasteiger partial charge in [-0.25, -0.2) is 15.0 Å². The minimum absolute atomic E-state index is 0.113. The number of hydrogen-bond acceptors (Lipinski definition) is 7. The van der Waals surface area contributed by atoms with Crippen LogP contribution in [-0.4, -0.2) is 59.8 Å². The van der Waals surface area contributed by atoms with Gasteiger partial charge in [0.25, 0.3) is 6.02 Å². The smallest absolute Gasteiger partial charge is 0.291 e. The first-order valence-electron chi connectivity index (χ1n) is 6.86. The highest BCUT2D eigenvalue weighted by Crippen LogP contribution is 2.41. The van der Waals surface area contributed by atoms with E-state index in [0.29, 0.717) is 23.6 Å². The predicted octanol–water partition coefficient (Wildman–Crippen LogP) is 0.358. The third kappa shape index (κ3) is 1.81. The number of nitrogens with one attached hydrogen (secondary N) is 1. The molecule has 7 heteroatoms. The van der Waals surface area contributed by atoms with Gasteiger partial charge >= 0.3 is 0 Å². The lowest BCUT2D eigenvalue weighted by molar-refractivity contribution is 0.0364. The van der Waals surface area contributed by atoms with E-state index in [9.17, 15) is 0 Å². The summed E-state index contributed by atoms with van der Waals surface area (Å²) < 4.78 is 11.2. The van der Waals surface area contributed by atoms with Gasteiger partial charge in [0.1, 0.15) is 17.7 Å². The molecule has 1 aromatic heterocycles. The van der Waals surface area contributed by atoms with Crippen molar-refractivity contribution in [1.29, 1.82) is 0 Å². The van der Waals surface area contributed by atoms with E-state index in [0.717, 1.165) is 19.6 Å². The maximum Gasteiger partial charge on any atom is 0.291 e. The molecule has 1 N–H and O–H groups in total. The summed E-state index contributed by atoms with van der Waals surface area (Å²) in [4.78, 5) is 15.1. The molecular weight excluding hydrogens is 258 g/mol. The van der Waals surface area contributed by atoms with E-state index in [2.05, 4.69) is 25.2 Å². The molecule has 0 amide bonds. The second kappa shape index (κ2) is 4.31. The number of fused-ring (bicyclic) bond motifs is 3. The Morgan fingerprint density at radius 1 is 1.50 bits per heavy atom. The highest BCUT2D eigenvalue weighted by Gasteiger charge is 2.54. The summed E-state index contributed by atoms with van der Waals surface area (Å²) in [7, 11) is 1.58. The van der Waals surface area contributed by atoms with Crippen LogP contribution < -0.4 is 10.1 Å². The van der Waals surface area contributed by atoms with E-state index in [1.54, 1.807) is 13.2 Å². The summed E-state index contributed by atoms with van der Waals surface area (Å²) in [6, 6.07) is 2.28. The number of rotatable bonds is 2. The van der Waals surface area contributed by atoms with Crippen LogP contribution in [0.15, 0.2) is 17.4 Å². The van der Waals surface area contributed by atoms with E-state index < -0.39 is 0 Å². The van der Waals surface area contributed by atoms with Gasteiger partial charge in [-0.1, -0.05) is 0 Å². The summed E-state index contributed by atoms with van der Waals surface area (Å²) in [5.41, 5.74) is -0.113. The average Bonchev–Trinajstić information content (AvgIpc) is 3.16. The number of amidine groups is 1. The second-order valence-electron chi connectivity index (χ2n) is 5.58. The van der Waals surface area contributed by atoms with Gasteiger partial charge in [-0.05, 0) is 13.0 Å². The predicted molar refractivity (Wildman–Crippen MR) is 72.9 cm³/mol. The molecule has 0 aromatic carbocycles. The summed E-state index contributed by atoms with van der Waals surface area (Å²) in [6.45, 7) is 4.06. The molecule has 3 aliphatic rings. The topological polar surface area (TPSA) is 71.9 Å². The van der Waals surface area contributed by atoms with Gasteiger partial charge in [0, 0.05) is 25.1 Å². The first-order chi connectivity index (χ1) is 9.77. The number of piperidine rings is 1. The molecule has 4 heterocycles.